The van der Waals surface area contributed by atoms with Crippen LogP contribution in [0.1, 0.15) is 45.2 Å². The molecule has 1 aromatic heterocycles. The van der Waals surface area contributed by atoms with Gasteiger partial charge in [0.1, 0.15) is 0 Å². The monoisotopic (exact) mass is 214 g/mol. The summed E-state index contributed by atoms with van der Waals surface area (Å²) in [6.45, 7) is 8.95. The Morgan fingerprint density at radius 3 is 2.31 bits per heavy atom. The van der Waals surface area contributed by atoms with E-state index >= 15 is 0 Å². The third kappa shape index (κ3) is 1.95. The molecule has 0 unspecified atom stereocenters. The molecule has 2 aromatic rings. The van der Waals surface area contributed by atoms with E-state index in [4.69, 9.17) is 0 Å². The van der Waals surface area contributed by atoms with Crippen LogP contribution in [0.2, 0.25) is 0 Å². The van der Waals surface area contributed by atoms with Crippen LogP contribution < -0.4 is 4.57 Å². The SMILES string of the molecule is CC(C)c1cc2ccccc2[n+](C(C)C)c1. The average Bonchev–Trinajstić information content (AvgIpc) is 2.27. The molecule has 84 valence electrons. The third-order valence-electron chi connectivity index (χ3n) is 3.05. The van der Waals surface area contributed by atoms with Gasteiger partial charge in [-0.25, -0.2) is 0 Å². The summed E-state index contributed by atoms with van der Waals surface area (Å²) < 4.78 is 2.37. The number of para-hydroxylation sites is 1. The fraction of sp³-hybridized carbons (Fsp3) is 0.400. The summed E-state index contributed by atoms with van der Waals surface area (Å²) in [7, 11) is 0. The van der Waals surface area contributed by atoms with Crippen LogP contribution in [0.3, 0.4) is 0 Å². The number of pyridine rings is 1. The predicted octanol–water partition coefficient (Wildman–Crippen LogP) is 3.83. The molecule has 0 saturated carbocycles. The lowest BCUT2D eigenvalue weighted by molar-refractivity contribution is -0.691. The maximum atomic E-state index is 2.37. The van der Waals surface area contributed by atoms with Gasteiger partial charge in [-0.05, 0) is 31.9 Å². The van der Waals surface area contributed by atoms with E-state index in [-0.39, 0.29) is 0 Å². The summed E-state index contributed by atoms with van der Waals surface area (Å²) in [6.07, 6.45) is 2.29. The molecule has 0 aliphatic rings. The minimum atomic E-state index is 0.503. The van der Waals surface area contributed by atoms with Gasteiger partial charge < -0.3 is 0 Å². The van der Waals surface area contributed by atoms with Crippen LogP contribution in [-0.2, 0) is 0 Å². The highest BCUT2D eigenvalue weighted by molar-refractivity contribution is 5.75. The van der Waals surface area contributed by atoms with Crippen molar-refractivity contribution in [2.45, 2.75) is 39.7 Å². The maximum absolute atomic E-state index is 2.37. The Morgan fingerprint density at radius 2 is 1.69 bits per heavy atom. The minimum absolute atomic E-state index is 0.503. The zero-order chi connectivity index (χ0) is 11.7. The molecule has 0 fully saturated rings. The first kappa shape index (κ1) is 11.1. The van der Waals surface area contributed by atoms with Crippen molar-refractivity contribution < 1.29 is 4.57 Å². The molecule has 1 heterocycles. The highest BCUT2D eigenvalue weighted by Crippen LogP contribution is 2.19. The Bertz CT molecular complexity index is 498. The van der Waals surface area contributed by atoms with Crippen molar-refractivity contribution in [1.29, 1.82) is 0 Å². The van der Waals surface area contributed by atoms with Crippen LogP contribution >= 0.6 is 0 Å². The molecule has 0 spiro atoms. The Balaban J connectivity index is 2.74. The molecule has 0 amide bonds. The van der Waals surface area contributed by atoms with Gasteiger partial charge in [0.25, 0.3) is 0 Å². The summed E-state index contributed by atoms with van der Waals surface area (Å²) in [5, 5.41) is 1.34. The summed E-state index contributed by atoms with van der Waals surface area (Å²) in [5.41, 5.74) is 2.73. The van der Waals surface area contributed by atoms with Gasteiger partial charge in [-0.15, -0.1) is 0 Å². The standard InChI is InChI=1S/C15H20N/c1-11(2)14-9-13-7-5-6-8-15(13)16(10-14)12(3)4/h5-12H,1-4H3/q+1. The normalized spacial score (nSPS) is 11.6. The molecule has 2 rings (SSSR count). The predicted molar refractivity (Wildman–Crippen MR) is 68.6 cm³/mol. The van der Waals surface area contributed by atoms with E-state index in [1.807, 2.05) is 0 Å². The fourth-order valence-corrected chi connectivity index (χ4v) is 2.03. The second kappa shape index (κ2) is 4.25. The molecular formula is C15H20N+. The van der Waals surface area contributed by atoms with Gasteiger partial charge in [0.15, 0.2) is 12.2 Å². The lowest BCUT2D eigenvalue weighted by Crippen LogP contribution is -2.37. The van der Waals surface area contributed by atoms with Crippen LogP contribution in [0, 0.1) is 0 Å². The zero-order valence-electron chi connectivity index (χ0n) is 10.6. The number of hydrogen-bond acceptors (Lipinski definition) is 0. The van der Waals surface area contributed by atoms with Crippen LogP contribution in [0.5, 0.6) is 0 Å². The van der Waals surface area contributed by atoms with Crippen molar-refractivity contribution in [3.8, 4) is 0 Å². The Kier molecular flexibility index (Phi) is 2.95. The first-order valence-electron chi connectivity index (χ1n) is 6.03. The van der Waals surface area contributed by atoms with E-state index in [2.05, 4.69) is 68.8 Å². The first-order valence-corrected chi connectivity index (χ1v) is 6.03. The second-order valence-corrected chi connectivity index (χ2v) is 4.99. The largest absolute Gasteiger partial charge is 0.212 e. The topological polar surface area (TPSA) is 3.88 Å². The van der Waals surface area contributed by atoms with E-state index in [0.717, 1.165) is 0 Å². The van der Waals surface area contributed by atoms with E-state index < -0.39 is 0 Å². The van der Waals surface area contributed by atoms with Gasteiger partial charge >= 0.3 is 0 Å². The molecule has 0 aliphatic heterocycles. The third-order valence-corrected chi connectivity index (χ3v) is 3.05. The molecule has 0 bridgehead atoms. The van der Waals surface area contributed by atoms with Crippen LogP contribution in [-0.4, -0.2) is 0 Å². The number of benzene rings is 1. The van der Waals surface area contributed by atoms with E-state index in [0.29, 0.717) is 12.0 Å². The van der Waals surface area contributed by atoms with Crippen molar-refractivity contribution in [2.24, 2.45) is 0 Å². The molecule has 0 atom stereocenters. The van der Waals surface area contributed by atoms with Gasteiger partial charge in [-0.1, -0.05) is 26.0 Å². The molecule has 1 aromatic carbocycles. The van der Waals surface area contributed by atoms with Crippen LogP contribution in [0.15, 0.2) is 36.5 Å². The molecule has 1 nitrogen and oxygen atoms in total. The van der Waals surface area contributed by atoms with Gasteiger partial charge in [0.05, 0.1) is 0 Å². The molecule has 0 radical (unpaired) electrons. The van der Waals surface area contributed by atoms with E-state index in [1.54, 1.807) is 0 Å². The highest BCUT2D eigenvalue weighted by Gasteiger charge is 2.15. The van der Waals surface area contributed by atoms with Gasteiger partial charge in [0.2, 0.25) is 5.52 Å². The Morgan fingerprint density at radius 1 is 1.00 bits per heavy atom. The molecule has 0 aliphatic carbocycles. The fourth-order valence-electron chi connectivity index (χ4n) is 2.03. The molecule has 0 N–H and O–H groups in total. The van der Waals surface area contributed by atoms with E-state index in [1.165, 1.54) is 16.5 Å². The summed E-state index contributed by atoms with van der Waals surface area (Å²) in [4.78, 5) is 0. The first-order chi connectivity index (χ1) is 7.59. The van der Waals surface area contributed by atoms with Crippen molar-refractivity contribution in [3.05, 3.63) is 42.1 Å². The smallest absolute Gasteiger partial charge is 0.196 e. The van der Waals surface area contributed by atoms with Gasteiger partial charge in [-0.3, -0.25) is 0 Å². The summed E-state index contributed by atoms with van der Waals surface area (Å²) >= 11 is 0. The van der Waals surface area contributed by atoms with Gasteiger partial charge in [-0.2, -0.15) is 4.57 Å². The van der Waals surface area contributed by atoms with E-state index in [9.17, 15) is 0 Å². The summed E-state index contributed by atoms with van der Waals surface area (Å²) in [6, 6.07) is 11.4. The van der Waals surface area contributed by atoms with Crippen LogP contribution in [0.25, 0.3) is 10.9 Å². The maximum Gasteiger partial charge on any atom is 0.212 e. The number of aromatic nitrogens is 1. The number of nitrogens with zero attached hydrogens (tertiary/aromatic N) is 1. The molecular weight excluding hydrogens is 194 g/mol. The quantitative estimate of drug-likeness (QED) is 0.669. The van der Waals surface area contributed by atoms with Gasteiger partial charge in [0, 0.05) is 17.0 Å². The molecule has 16 heavy (non-hydrogen) atoms. The molecule has 1 heteroatoms. The Hall–Kier alpha value is -1.37. The zero-order valence-corrected chi connectivity index (χ0v) is 10.6. The number of hydrogen-bond donors (Lipinski definition) is 0. The number of fused-ring (bicyclic) bond motifs is 1. The van der Waals surface area contributed by atoms with Crippen molar-refractivity contribution in [1.82, 2.24) is 0 Å². The van der Waals surface area contributed by atoms with Crippen LogP contribution in [0.4, 0.5) is 0 Å². The molecule has 0 saturated heterocycles. The van der Waals surface area contributed by atoms with Crippen molar-refractivity contribution in [3.63, 3.8) is 0 Å². The lowest BCUT2D eigenvalue weighted by atomic mass is 10.0. The summed E-state index contributed by atoms with van der Waals surface area (Å²) in [5.74, 6) is 0.578. The minimum Gasteiger partial charge on any atom is -0.196 e. The second-order valence-electron chi connectivity index (χ2n) is 4.99. The number of rotatable bonds is 2. The lowest BCUT2D eigenvalue weighted by Gasteiger charge is -2.09. The Labute approximate surface area is 97.7 Å². The van der Waals surface area contributed by atoms with Crippen molar-refractivity contribution >= 4 is 10.9 Å². The van der Waals surface area contributed by atoms with Crippen molar-refractivity contribution in [2.75, 3.05) is 0 Å². The highest BCUT2D eigenvalue weighted by atomic mass is 15.0. The average molecular weight is 214 g/mol.